The first-order valence-corrected chi connectivity index (χ1v) is 8.78. The standard InChI is InChI=1S/C19H30N2O3.ClH/c1-15(22)12-17(16-6-4-3-5-7-16)13-21-18(23)19(14-24-2)8-10-20-11-9-19;/h3-7,15,17,20,22H,8-14H2,1-2H3,(H,21,23);1H. The van der Waals surface area contributed by atoms with E-state index in [1.807, 2.05) is 18.2 Å². The van der Waals surface area contributed by atoms with Crippen molar-refractivity contribution in [3.05, 3.63) is 35.9 Å². The third kappa shape index (κ3) is 6.26. The number of amides is 1. The molecule has 2 atom stereocenters. The number of benzene rings is 1. The van der Waals surface area contributed by atoms with Crippen LogP contribution in [0.5, 0.6) is 0 Å². The fourth-order valence-corrected chi connectivity index (χ4v) is 3.50. The average Bonchev–Trinajstić information content (AvgIpc) is 2.60. The zero-order valence-corrected chi connectivity index (χ0v) is 16.0. The molecule has 3 N–H and O–H groups in total. The molecule has 0 radical (unpaired) electrons. The van der Waals surface area contributed by atoms with Gasteiger partial charge in [-0.15, -0.1) is 12.4 Å². The largest absolute Gasteiger partial charge is 0.393 e. The molecule has 1 heterocycles. The molecule has 0 spiro atoms. The van der Waals surface area contributed by atoms with Crippen molar-refractivity contribution in [3.63, 3.8) is 0 Å². The Morgan fingerprint density at radius 2 is 1.96 bits per heavy atom. The number of carbonyl (C=O) groups is 1. The second-order valence-electron chi connectivity index (χ2n) is 6.87. The van der Waals surface area contributed by atoms with Crippen LogP contribution in [-0.2, 0) is 9.53 Å². The second-order valence-corrected chi connectivity index (χ2v) is 6.87. The van der Waals surface area contributed by atoms with Gasteiger partial charge in [-0.3, -0.25) is 4.79 Å². The Kier molecular flexibility index (Phi) is 9.43. The first-order valence-electron chi connectivity index (χ1n) is 8.78. The van der Waals surface area contributed by atoms with Crippen LogP contribution >= 0.6 is 12.4 Å². The highest BCUT2D eigenvalue weighted by atomic mass is 35.5. The van der Waals surface area contributed by atoms with Gasteiger partial charge in [-0.2, -0.15) is 0 Å². The summed E-state index contributed by atoms with van der Waals surface area (Å²) in [5, 5.41) is 16.2. The lowest BCUT2D eigenvalue weighted by Crippen LogP contribution is -2.50. The number of nitrogens with one attached hydrogen (secondary N) is 2. The summed E-state index contributed by atoms with van der Waals surface area (Å²) in [4.78, 5) is 12.9. The zero-order chi connectivity index (χ0) is 17.4. The summed E-state index contributed by atoms with van der Waals surface area (Å²) in [5.41, 5.74) is 0.705. The van der Waals surface area contributed by atoms with E-state index >= 15 is 0 Å². The Balaban J connectivity index is 0.00000312. The monoisotopic (exact) mass is 370 g/mol. The van der Waals surface area contributed by atoms with Crippen LogP contribution in [0.4, 0.5) is 0 Å². The van der Waals surface area contributed by atoms with Crippen LogP contribution in [-0.4, -0.2) is 50.5 Å². The van der Waals surface area contributed by atoms with E-state index < -0.39 is 11.5 Å². The number of carbonyl (C=O) groups excluding carboxylic acids is 1. The Morgan fingerprint density at radius 1 is 1.32 bits per heavy atom. The second kappa shape index (κ2) is 10.8. The molecule has 1 aromatic carbocycles. The van der Waals surface area contributed by atoms with Gasteiger partial charge in [0.2, 0.25) is 5.91 Å². The molecule has 6 heteroatoms. The SMILES string of the molecule is COCC1(C(=O)NCC(CC(C)O)c2ccccc2)CCNCC1.Cl. The van der Waals surface area contributed by atoms with E-state index in [-0.39, 0.29) is 24.2 Å². The minimum Gasteiger partial charge on any atom is -0.393 e. The van der Waals surface area contributed by atoms with Crippen LogP contribution in [0.15, 0.2) is 30.3 Å². The van der Waals surface area contributed by atoms with Gasteiger partial charge in [-0.05, 0) is 44.8 Å². The summed E-state index contributed by atoms with van der Waals surface area (Å²) in [6, 6.07) is 10.1. The maximum atomic E-state index is 12.9. The van der Waals surface area contributed by atoms with Crippen LogP contribution < -0.4 is 10.6 Å². The molecule has 0 aliphatic carbocycles. The van der Waals surface area contributed by atoms with Gasteiger partial charge in [0.25, 0.3) is 0 Å². The topological polar surface area (TPSA) is 70.6 Å². The molecule has 142 valence electrons. The number of halogens is 1. The lowest BCUT2D eigenvalue weighted by Gasteiger charge is -2.36. The van der Waals surface area contributed by atoms with Gasteiger partial charge < -0.3 is 20.5 Å². The lowest BCUT2D eigenvalue weighted by atomic mass is 9.78. The molecule has 1 amide bonds. The molecule has 1 aromatic rings. The fourth-order valence-electron chi connectivity index (χ4n) is 3.50. The van der Waals surface area contributed by atoms with Crippen molar-refractivity contribution in [2.75, 3.05) is 33.4 Å². The van der Waals surface area contributed by atoms with E-state index in [2.05, 4.69) is 22.8 Å². The molecular formula is C19H31ClN2O3. The van der Waals surface area contributed by atoms with E-state index in [0.29, 0.717) is 19.6 Å². The van der Waals surface area contributed by atoms with Crippen LogP contribution in [0.3, 0.4) is 0 Å². The molecule has 5 nitrogen and oxygen atoms in total. The number of aliphatic hydroxyl groups is 1. The van der Waals surface area contributed by atoms with Gasteiger partial charge in [0.1, 0.15) is 0 Å². The number of piperidine rings is 1. The number of methoxy groups -OCH3 is 1. The van der Waals surface area contributed by atoms with Crippen molar-refractivity contribution in [3.8, 4) is 0 Å². The summed E-state index contributed by atoms with van der Waals surface area (Å²) in [6.07, 6.45) is 1.81. The number of hydrogen-bond donors (Lipinski definition) is 3. The van der Waals surface area contributed by atoms with Gasteiger partial charge in [0, 0.05) is 19.6 Å². The molecule has 1 aliphatic heterocycles. The smallest absolute Gasteiger partial charge is 0.228 e. The van der Waals surface area contributed by atoms with Crippen LogP contribution in [0.25, 0.3) is 0 Å². The van der Waals surface area contributed by atoms with Gasteiger partial charge in [-0.1, -0.05) is 30.3 Å². The average molecular weight is 371 g/mol. The predicted molar refractivity (Wildman–Crippen MR) is 102 cm³/mol. The minimum atomic E-state index is -0.438. The predicted octanol–water partition coefficient (Wildman–Crippen LogP) is 2.10. The normalized spacial score (nSPS) is 18.7. The molecule has 2 unspecified atom stereocenters. The summed E-state index contributed by atoms with van der Waals surface area (Å²) in [7, 11) is 1.65. The Morgan fingerprint density at radius 3 is 2.52 bits per heavy atom. The molecule has 1 fully saturated rings. The van der Waals surface area contributed by atoms with Crippen molar-refractivity contribution in [2.45, 2.75) is 38.2 Å². The molecule has 0 saturated carbocycles. The molecule has 1 aliphatic rings. The third-order valence-electron chi connectivity index (χ3n) is 4.87. The van der Waals surface area contributed by atoms with E-state index in [4.69, 9.17) is 4.74 Å². The van der Waals surface area contributed by atoms with Crippen LogP contribution in [0.2, 0.25) is 0 Å². The van der Waals surface area contributed by atoms with E-state index in [1.165, 1.54) is 0 Å². The molecule has 2 rings (SSSR count). The highest BCUT2D eigenvalue weighted by molar-refractivity contribution is 5.85. The summed E-state index contributed by atoms with van der Waals surface area (Å²) in [5.74, 6) is 0.175. The van der Waals surface area contributed by atoms with E-state index in [9.17, 15) is 9.90 Å². The third-order valence-corrected chi connectivity index (χ3v) is 4.87. The summed E-state index contributed by atoms with van der Waals surface area (Å²) >= 11 is 0. The highest BCUT2D eigenvalue weighted by Gasteiger charge is 2.39. The Bertz CT molecular complexity index is 499. The van der Waals surface area contributed by atoms with E-state index in [0.717, 1.165) is 31.5 Å². The molecule has 0 aromatic heterocycles. The number of aliphatic hydroxyl groups excluding tert-OH is 1. The fraction of sp³-hybridized carbons (Fsp3) is 0.632. The summed E-state index contributed by atoms with van der Waals surface area (Å²) < 4.78 is 5.33. The van der Waals surface area contributed by atoms with Gasteiger partial charge in [-0.25, -0.2) is 0 Å². The van der Waals surface area contributed by atoms with Crippen molar-refractivity contribution < 1.29 is 14.6 Å². The number of hydrogen-bond acceptors (Lipinski definition) is 4. The number of ether oxygens (including phenoxy) is 1. The van der Waals surface area contributed by atoms with Crippen molar-refractivity contribution >= 4 is 18.3 Å². The Hall–Kier alpha value is -1.14. The van der Waals surface area contributed by atoms with Crippen LogP contribution in [0.1, 0.15) is 37.7 Å². The zero-order valence-electron chi connectivity index (χ0n) is 15.2. The maximum absolute atomic E-state index is 12.9. The highest BCUT2D eigenvalue weighted by Crippen LogP contribution is 2.30. The van der Waals surface area contributed by atoms with Gasteiger partial charge in [0.05, 0.1) is 18.1 Å². The maximum Gasteiger partial charge on any atom is 0.228 e. The van der Waals surface area contributed by atoms with Crippen molar-refractivity contribution in [2.24, 2.45) is 5.41 Å². The first-order chi connectivity index (χ1) is 11.6. The van der Waals surface area contributed by atoms with Gasteiger partial charge >= 0.3 is 0 Å². The Labute approximate surface area is 156 Å². The summed E-state index contributed by atoms with van der Waals surface area (Å²) in [6.45, 7) is 4.45. The molecule has 1 saturated heterocycles. The number of rotatable bonds is 8. The van der Waals surface area contributed by atoms with E-state index in [1.54, 1.807) is 14.0 Å². The minimum absolute atomic E-state index is 0. The lowest BCUT2D eigenvalue weighted by molar-refractivity contribution is -0.136. The first kappa shape index (κ1) is 21.9. The quantitative estimate of drug-likeness (QED) is 0.655. The molecule has 0 bridgehead atoms. The molecular weight excluding hydrogens is 340 g/mol. The molecule has 25 heavy (non-hydrogen) atoms. The van der Waals surface area contributed by atoms with Gasteiger partial charge in [0.15, 0.2) is 0 Å². The van der Waals surface area contributed by atoms with Crippen LogP contribution in [0, 0.1) is 5.41 Å². The van der Waals surface area contributed by atoms with Crippen molar-refractivity contribution in [1.82, 2.24) is 10.6 Å². The van der Waals surface area contributed by atoms with Crippen molar-refractivity contribution in [1.29, 1.82) is 0 Å².